The molecule has 2 heteroatoms. The van der Waals surface area contributed by atoms with E-state index in [-0.39, 0.29) is 0 Å². The van der Waals surface area contributed by atoms with Crippen LogP contribution in [0.3, 0.4) is 0 Å². The molecule has 0 aromatic heterocycles. The highest BCUT2D eigenvalue weighted by molar-refractivity contribution is 5.25. The number of nitrogens with zero attached hydrogens (tertiary/aromatic N) is 1. The first kappa shape index (κ1) is 15.8. The maximum absolute atomic E-state index is 12.7. The van der Waals surface area contributed by atoms with Crippen LogP contribution >= 0.6 is 0 Å². The molecule has 1 fully saturated rings. The largest absolute Gasteiger partial charge is 0.196 e. The topological polar surface area (TPSA) is 23.8 Å². The second-order valence-corrected chi connectivity index (χ2v) is 6.05. The number of hydrogen-bond acceptors (Lipinski definition) is 1. The molecule has 1 aromatic carbocycles. The Morgan fingerprint density at radius 3 is 2.48 bits per heavy atom. The number of hydrogen-bond donors (Lipinski definition) is 0. The molecule has 21 heavy (non-hydrogen) atoms. The summed E-state index contributed by atoms with van der Waals surface area (Å²) in [6.45, 7) is 2.18. The third kappa shape index (κ3) is 4.70. The molecule has 2 rings (SSSR count). The molecular weight excluding hydrogens is 261 g/mol. The van der Waals surface area contributed by atoms with Crippen molar-refractivity contribution in [2.75, 3.05) is 0 Å². The van der Waals surface area contributed by atoms with E-state index in [4.69, 9.17) is 5.26 Å². The van der Waals surface area contributed by atoms with Gasteiger partial charge in [0.1, 0.15) is 6.07 Å². The van der Waals surface area contributed by atoms with Gasteiger partial charge in [0.15, 0.2) is 5.83 Å². The molecule has 1 nitrogen and oxygen atoms in total. The summed E-state index contributed by atoms with van der Waals surface area (Å²) in [5.41, 5.74) is 2.87. The zero-order valence-corrected chi connectivity index (χ0v) is 12.8. The van der Waals surface area contributed by atoms with Gasteiger partial charge < -0.3 is 0 Å². The van der Waals surface area contributed by atoms with Gasteiger partial charge in [-0.05, 0) is 74.0 Å². The zero-order valence-electron chi connectivity index (χ0n) is 12.8. The Kier molecular flexibility index (Phi) is 5.99. The Morgan fingerprint density at radius 1 is 1.24 bits per heavy atom. The van der Waals surface area contributed by atoms with Crippen molar-refractivity contribution in [3.8, 4) is 6.07 Å². The van der Waals surface area contributed by atoms with Crippen molar-refractivity contribution < 1.29 is 4.39 Å². The van der Waals surface area contributed by atoms with Gasteiger partial charge in [0.2, 0.25) is 0 Å². The molecule has 0 heterocycles. The maximum Gasteiger partial charge on any atom is 0.196 e. The van der Waals surface area contributed by atoms with E-state index in [0.29, 0.717) is 18.3 Å². The van der Waals surface area contributed by atoms with Crippen molar-refractivity contribution in [1.82, 2.24) is 0 Å². The molecule has 112 valence electrons. The predicted octanol–water partition coefficient (Wildman–Crippen LogP) is 5.68. The summed E-state index contributed by atoms with van der Waals surface area (Å²) < 4.78 is 12.7. The first-order valence-electron chi connectivity index (χ1n) is 8.07. The Balaban J connectivity index is 1.78. The molecule has 0 atom stereocenters. The lowest BCUT2D eigenvalue weighted by atomic mass is 9.77. The molecule has 0 amide bonds. The average molecular weight is 285 g/mol. The van der Waals surface area contributed by atoms with Crippen molar-refractivity contribution in [3.05, 3.63) is 47.3 Å². The zero-order chi connectivity index (χ0) is 15.1. The van der Waals surface area contributed by atoms with Crippen molar-refractivity contribution in [3.63, 3.8) is 0 Å². The van der Waals surface area contributed by atoms with E-state index >= 15 is 0 Å². The van der Waals surface area contributed by atoms with E-state index in [1.54, 1.807) is 0 Å². The molecule has 1 saturated carbocycles. The van der Waals surface area contributed by atoms with Crippen LogP contribution in [0.1, 0.15) is 62.5 Å². The second-order valence-electron chi connectivity index (χ2n) is 6.05. The second kappa shape index (κ2) is 7.98. The van der Waals surface area contributed by atoms with E-state index in [1.807, 2.05) is 0 Å². The smallest absolute Gasteiger partial charge is 0.195 e. The van der Waals surface area contributed by atoms with Gasteiger partial charge in [-0.1, -0.05) is 31.2 Å². The average Bonchev–Trinajstić information content (AvgIpc) is 2.55. The van der Waals surface area contributed by atoms with Gasteiger partial charge in [-0.25, -0.2) is 0 Å². The van der Waals surface area contributed by atoms with Crippen molar-refractivity contribution in [1.29, 1.82) is 5.26 Å². The third-order valence-corrected chi connectivity index (χ3v) is 4.71. The lowest BCUT2D eigenvalue weighted by molar-refractivity contribution is 0.311. The summed E-state index contributed by atoms with van der Waals surface area (Å²) in [5, 5.41) is 8.38. The van der Waals surface area contributed by atoms with Crippen LogP contribution in [0.25, 0.3) is 0 Å². The number of aryl methyl sites for hydroxylation is 1. The Bertz CT molecular complexity index is 501. The van der Waals surface area contributed by atoms with Crippen LogP contribution in [0.2, 0.25) is 0 Å². The first-order chi connectivity index (χ1) is 10.2. The van der Waals surface area contributed by atoms with Crippen molar-refractivity contribution in [2.45, 2.75) is 57.8 Å². The molecule has 0 N–H and O–H groups in total. The molecule has 0 aliphatic heterocycles. The minimum Gasteiger partial charge on any atom is -0.195 e. The van der Waals surface area contributed by atoms with Crippen LogP contribution in [0.15, 0.2) is 36.2 Å². The lowest BCUT2D eigenvalue weighted by Crippen LogP contribution is -2.13. The number of benzene rings is 1. The SMILES string of the molecule is CCc1ccc(C2CCC(CCC=C(F)C#N)CC2)cc1. The summed E-state index contributed by atoms with van der Waals surface area (Å²) >= 11 is 0. The summed E-state index contributed by atoms with van der Waals surface area (Å²) in [5.74, 6) is 0.747. The van der Waals surface area contributed by atoms with E-state index in [0.717, 1.165) is 12.8 Å². The molecule has 0 spiro atoms. The fraction of sp³-hybridized carbons (Fsp3) is 0.526. The highest BCUT2D eigenvalue weighted by atomic mass is 19.1. The summed E-state index contributed by atoms with van der Waals surface area (Å²) in [6, 6.07) is 10.6. The van der Waals surface area contributed by atoms with E-state index < -0.39 is 5.83 Å². The Morgan fingerprint density at radius 2 is 1.90 bits per heavy atom. The quantitative estimate of drug-likeness (QED) is 0.638. The van der Waals surface area contributed by atoms with Crippen LogP contribution < -0.4 is 0 Å². The minimum absolute atomic E-state index is 0.639. The van der Waals surface area contributed by atoms with Gasteiger partial charge >= 0.3 is 0 Å². The van der Waals surface area contributed by atoms with Crippen LogP contribution in [-0.4, -0.2) is 0 Å². The summed E-state index contributed by atoms with van der Waals surface area (Å²) in [7, 11) is 0. The highest BCUT2D eigenvalue weighted by Gasteiger charge is 2.21. The lowest BCUT2D eigenvalue weighted by Gasteiger charge is -2.28. The summed E-state index contributed by atoms with van der Waals surface area (Å²) in [6.07, 6.45) is 9.15. The number of halogens is 1. The first-order valence-corrected chi connectivity index (χ1v) is 8.07. The Hall–Kier alpha value is -1.62. The van der Waals surface area contributed by atoms with Crippen molar-refractivity contribution in [2.24, 2.45) is 5.92 Å². The van der Waals surface area contributed by atoms with Gasteiger partial charge in [0.05, 0.1) is 0 Å². The van der Waals surface area contributed by atoms with Gasteiger partial charge in [-0.2, -0.15) is 9.65 Å². The van der Waals surface area contributed by atoms with Crippen molar-refractivity contribution >= 4 is 0 Å². The van der Waals surface area contributed by atoms with E-state index in [9.17, 15) is 4.39 Å². The van der Waals surface area contributed by atoms with Crippen LogP contribution in [-0.2, 0) is 6.42 Å². The molecule has 1 aliphatic rings. The maximum atomic E-state index is 12.7. The fourth-order valence-electron chi connectivity index (χ4n) is 3.30. The van der Waals surface area contributed by atoms with Gasteiger partial charge in [-0.3, -0.25) is 0 Å². The van der Waals surface area contributed by atoms with E-state index in [2.05, 4.69) is 31.2 Å². The van der Waals surface area contributed by atoms with Gasteiger partial charge in [-0.15, -0.1) is 0 Å². The fourth-order valence-corrected chi connectivity index (χ4v) is 3.30. The molecule has 0 saturated heterocycles. The van der Waals surface area contributed by atoms with Crippen LogP contribution in [0.4, 0.5) is 4.39 Å². The van der Waals surface area contributed by atoms with E-state index in [1.165, 1.54) is 49.0 Å². The number of rotatable bonds is 5. The standard InChI is InChI=1S/C19H24FN/c1-2-15-6-10-17(11-7-15)18-12-8-16(9-13-18)4-3-5-19(20)14-21/h5-7,10-11,16,18H,2-4,8-9,12-13H2,1H3. The van der Waals surface area contributed by atoms with Gasteiger partial charge in [0.25, 0.3) is 0 Å². The predicted molar refractivity (Wildman–Crippen MR) is 84.6 cm³/mol. The highest BCUT2D eigenvalue weighted by Crippen LogP contribution is 2.37. The monoisotopic (exact) mass is 285 g/mol. The molecule has 0 radical (unpaired) electrons. The molecule has 1 aliphatic carbocycles. The number of allylic oxidation sites excluding steroid dienone is 2. The van der Waals surface area contributed by atoms with Crippen LogP contribution in [0, 0.1) is 17.2 Å². The summed E-state index contributed by atoms with van der Waals surface area (Å²) in [4.78, 5) is 0. The number of nitriles is 1. The minimum atomic E-state index is -0.639. The molecule has 0 unspecified atom stereocenters. The van der Waals surface area contributed by atoms with Crippen LogP contribution in [0.5, 0.6) is 0 Å². The molecule has 1 aromatic rings. The third-order valence-electron chi connectivity index (χ3n) is 4.71. The normalized spacial score (nSPS) is 22.8. The molecular formula is C19H24FN. The Labute approximate surface area is 127 Å². The molecule has 0 bridgehead atoms. The van der Waals surface area contributed by atoms with Gasteiger partial charge in [0, 0.05) is 0 Å².